The quantitative estimate of drug-likeness (QED) is 0.244. The summed E-state index contributed by atoms with van der Waals surface area (Å²) in [6.07, 6.45) is 0.245. The van der Waals surface area contributed by atoms with Crippen molar-refractivity contribution in [2.45, 2.75) is 37.8 Å². The lowest BCUT2D eigenvalue weighted by Crippen LogP contribution is -2.53. The van der Waals surface area contributed by atoms with E-state index >= 15 is 0 Å². The first-order valence-electron chi connectivity index (χ1n) is 13.5. The molecular weight excluding hydrogens is 570 g/mol. The molecule has 7 nitrogen and oxygen atoms in total. The zero-order chi connectivity index (χ0) is 30.3. The maximum Gasteiger partial charge on any atom is 0.264 e. The number of carbonyl (C=O) groups excluding carboxylic acids is 2. The van der Waals surface area contributed by atoms with Crippen LogP contribution in [0.1, 0.15) is 22.3 Å². The Morgan fingerprint density at radius 3 is 1.95 bits per heavy atom. The molecule has 9 heteroatoms. The van der Waals surface area contributed by atoms with Gasteiger partial charge < -0.3 is 10.2 Å². The summed E-state index contributed by atoms with van der Waals surface area (Å²) in [7, 11) is -2.69. The molecule has 1 N–H and O–H groups in total. The van der Waals surface area contributed by atoms with Gasteiger partial charge in [-0.05, 0) is 49.2 Å². The Labute approximate surface area is 252 Å². The van der Waals surface area contributed by atoms with Gasteiger partial charge in [-0.15, -0.1) is 0 Å². The number of halogens is 1. The van der Waals surface area contributed by atoms with Gasteiger partial charge in [-0.25, -0.2) is 8.42 Å². The summed E-state index contributed by atoms with van der Waals surface area (Å²) >= 11 is 6.49. The molecule has 218 valence electrons. The molecule has 1 atom stereocenters. The van der Waals surface area contributed by atoms with Crippen LogP contribution in [0.4, 0.5) is 5.69 Å². The molecule has 0 aromatic heterocycles. The van der Waals surface area contributed by atoms with E-state index in [9.17, 15) is 18.0 Å². The molecule has 0 radical (unpaired) electrons. The van der Waals surface area contributed by atoms with E-state index in [2.05, 4.69) is 5.32 Å². The zero-order valence-corrected chi connectivity index (χ0v) is 25.4. The third-order valence-electron chi connectivity index (χ3n) is 7.00. The second-order valence-corrected chi connectivity index (χ2v) is 12.4. The second kappa shape index (κ2) is 13.7. The lowest BCUT2D eigenvalue weighted by Gasteiger charge is -2.33. The number of hydrogen-bond acceptors (Lipinski definition) is 4. The van der Waals surface area contributed by atoms with Gasteiger partial charge in [0.25, 0.3) is 10.0 Å². The van der Waals surface area contributed by atoms with Crippen molar-refractivity contribution in [3.05, 3.63) is 130 Å². The normalized spacial score (nSPS) is 11.9. The third kappa shape index (κ3) is 7.38. The number of likely N-dealkylation sites (N-methyl/N-ethyl adjacent to an activating group) is 1. The van der Waals surface area contributed by atoms with E-state index in [4.69, 9.17) is 11.6 Å². The molecule has 0 aliphatic rings. The fraction of sp³-hybridized carbons (Fsp3) is 0.212. The van der Waals surface area contributed by atoms with Crippen LogP contribution < -0.4 is 9.62 Å². The predicted molar refractivity (Wildman–Crippen MR) is 167 cm³/mol. The van der Waals surface area contributed by atoms with E-state index in [0.29, 0.717) is 0 Å². The number of para-hydroxylation sites is 1. The largest absolute Gasteiger partial charge is 0.357 e. The van der Waals surface area contributed by atoms with Crippen LogP contribution in [-0.4, -0.2) is 44.8 Å². The second-order valence-electron chi connectivity index (χ2n) is 10.1. The minimum absolute atomic E-state index is 0.0260. The highest BCUT2D eigenvalue weighted by atomic mass is 35.5. The minimum atomic E-state index is -4.21. The van der Waals surface area contributed by atoms with Gasteiger partial charge in [0.15, 0.2) is 0 Å². The number of benzene rings is 4. The van der Waals surface area contributed by atoms with Crippen molar-refractivity contribution in [1.82, 2.24) is 10.2 Å². The van der Waals surface area contributed by atoms with E-state index in [1.54, 1.807) is 36.4 Å². The smallest absolute Gasteiger partial charge is 0.264 e. The summed E-state index contributed by atoms with van der Waals surface area (Å²) in [6.45, 7) is 3.37. The fourth-order valence-electron chi connectivity index (χ4n) is 4.62. The van der Waals surface area contributed by atoms with Crippen LogP contribution in [0, 0.1) is 13.8 Å². The average Bonchev–Trinajstić information content (AvgIpc) is 2.99. The Balaban J connectivity index is 1.79. The molecule has 0 aliphatic carbocycles. The Hall–Kier alpha value is -4.14. The summed E-state index contributed by atoms with van der Waals surface area (Å²) in [5.74, 6) is -0.902. The molecular formula is C33H34ClN3O4S. The van der Waals surface area contributed by atoms with E-state index in [1.165, 1.54) is 24.1 Å². The topological polar surface area (TPSA) is 86.8 Å². The number of aryl methyl sites for hydroxylation is 2. The third-order valence-corrected chi connectivity index (χ3v) is 9.09. The Bertz CT molecular complexity index is 1630. The molecule has 0 spiro atoms. The van der Waals surface area contributed by atoms with E-state index in [1.807, 2.05) is 68.4 Å². The maximum absolute atomic E-state index is 14.3. The van der Waals surface area contributed by atoms with Crippen molar-refractivity contribution in [3.8, 4) is 0 Å². The summed E-state index contributed by atoms with van der Waals surface area (Å²) in [5, 5.41) is 2.86. The first-order valence-corrected chi connectivity index (χ1v) is 15.4. The van der Waals surface area contributed by atoms with Crippen LogP contribution in [0.3, 0.4) is 0 Å². The van der Waals surface area contributed by atoms with Crippen LogP contribution >= 0.6 is 11.6 Å². The van der Waals surface area contributed by atoms with Crippen molar-refractivity contribution in [3.63, 3.8) is 0 Å². The SMILES string of the molecule is CNC(=O)C(Cc1ccccc1)N(Cc1ccc(C)cc1)C(=O)CN(c1ccccc1Cl)S(=O)(=O)c1ccc(C)cc1. The van der Waals surface area contributed by atoms with Gasteiger partial charge in [0.05, 0.1) is 15.6 Å². The molecule has 1 unspecified atom stereocenters. The number of nitrogens with zero attached hydrogens (tertiary/aromatic N) is 2. The van der Waals surface area contributed by atoms with Crippen LogP contribution in [0.2, 0.25) is 5.02 Å². The van der Waals surface area contributed by atoms with Crippen LogP contribution in [0.5, 0.6) is 0 Å². The van der Waals surface area contributed by atoms with Gasteiger partial charge in [-0.2, -0.15) is 0 Å². The number of hydrogen-bond donors (Lipinski definition) is 1. The van der Waals surface area contributed by atoms with E-state index in [0.717, 1.165) is 26.6 Å². The highest BCUT2D eigenvalue weighted by Gasteiger charge is 2.34. The number of rotatable bonds is 11. The minimum Gasteiger partial charge on any atom is -0.357 e. The number of carbonyl (C=O) groups is 2. The highest BCUT2D eigenvalue weighted by molar-refractivity contribution is 7.92. The monoisotopic (exact) mass is 603 g/mol. The summed E-state index contributed by atoms with van der Waals surface area (Å²) in [5.41, 5.74) is 3.79. The molecule has 0 saturated heterocycles. The molecule has 2 amide bonds. The summed E-state index contributed by atoms with van der Waals surface area (Å²) in [4.78, 5) is 29.1. The number of anilines is 1. The van der Waals surface area contributed by atoms with Crippen molar-refractivity contribution < 1.29 is 18.0 Å². The Morgan fingerprint density at radius 2 is 1.36 bits per heavy atom. The molecule has 0 aliphatic heterocycles. The van der Waals surface area contributed by atoms with Gasteiger partial charge in [0.1, 0.15) is 12.6 Å². The van der Waals surface area contributed by atoms with Gasteiger partial charge in [0.2, 0.25) is 11.8 Å². The van der Waals surface area contributed by atoms with Crippen molar-refractivity contribution >= 4 is 39.1 Å². The van der Waals surface area contributed by atoms with Crippen LogP contribution in [0.15, 0.2) is 108 Å². The van der Waals surface area contributed by atoms with Crippen molar-refractivity contribution in [2.75, 3.05) is 17.9 Å². The number of nitrogens with one attached hydrogen (secondary N) is 1. The van der Waals surface area contributed by atoms with Gasteiger partial charge in [0, 0.05) is 20.0 Å². The zero-order valence-electron chi connectivity index (χ0n) is 23.8. The molecule has 4 rings (SSSR count). The van der Waals surface area contributed by atoms with Gasteiger partial charge in [-0.1, -0.05) is 102 Å². The lowest BCUT2D eigenvalue weighted by molar-refractivity contribution is -0.139. The van der Waals surface area contributed by atoms with E-state index in [-0.39, 0.29) is 34.5 Å². The summed E-state index contributed by atoms with van der Waals surface area (Å²) < 4.78 is 29.1. The van der Waals surface area contributed by atoms with Crippen LogP contribution in [-0.2, 0) is 32.6 Å². The lowest BCUT2D eigenvalue weighted by atomic mass is 10.0. The van der Waals surface area contributed by atoms with Crippen LogP contribution in [0.25, 0.3) is 0 Å². The molecule has 4 aromatic carbocycles. The summed E-state index contributed by atoms with van der Waals surface area (Å²) in [6, 6.07) is 29.1. The van der Waals surface area contributed by atoms with E-state index < -0.39 is 28.5 Å². The molecule has 0 bridgehead atoms. The average molecular weight is 604 g/mol. The highest BCUT2D eigenvalue weighted by Crippen LogP contribution is 2.31. The Kier molecular flexibility index (Phi) is 10.0. The molecule has 42 heavy (non-hydrogen) atoms. The first kappa shape index (κ1) is 30.8. The standard InChI is InChI=1S/C33H34ClN3O4S/c1-24-13-17-27(18-14-24)22-36(31(33(39)35-3)21-26-9-5-4-6-10-26)32(38)23-37(30-12-8-7-11-29(30)34)42(40,41)28-19-15-25(2)16-20-28/h4-20,31H,21-23H2,1-3H3,(H,35,39). The van der Waals surface area contributed by atoms with Crippen molar-refractivity contribution in [1.29, 1.82) is 0 Å². The maximum atomic E-state index is 14.3. The first-order chi connectivity index (χ1) is 20.1. The molecule has 0 fully saturated rings. The number of amides is 2. The fourth-order valence-corrected chi connectivity index (χ4v) is 6.34. The van der Waals surface area contributed by atoms with Gasteiger partial charge >= 0.3 is 0 Å². The Morgan fingerprint density at radius 1 is 0.786 bits per heavy atom. The number of sulfonamides is 1. The predicted octanol–water partition coefficient (Wildman–Crippen LogP) is 5.54. The van der Waals surface area contributed by atoms with Crippen molar-refractivity contribution in [2.24, 2.45) is 0 Å². The molecule has 0 heterocycles. The van der Waals surface area contributed by atoms with Gasteiger partial charge in [-0.3, -0.25) is 13.9 Å². The molecule has 0 saturated carbocycles. The molecule has 4 aromatic rings.